The number of nitrogens with one attached hydrogen (secondary N) is 1. The van der Waals surface area contributed by atoms with Gasteiger partial charge in [-0.3, -0.25) is 4.79 Å². The number of rotatable bonds is 5. The standard InChI is InChI=1S/C23H14ClF3N2O3S/c24-16-7-3-6-15(23(25,26)27)21(16)29-20(30)12-32-22(31)14-11-18(19-9-4-10-33-19)28-17-8-2-1-5-13(14)17/h1-11H,12H2,(H,29,30). The van der Waals surface area contributed by atoms with Crippen molar-refractivity contribution in [2.45, 2.75) is 6.18 Å². The van der Waals surface area contributed by atoms with E-state index in [9.17, 15) is 22.8 Å². The van der Waals surface area contributed by atoms with Crippen molar-refractivity contribution in [3.63, 3.8) is 0 Å². The summed E-state index contributed by atoms with van der Waals surface area (Å²) in [5.74, 6) is -1.77. The molecular weight excluding hydrogens is 477 g/mol. The summed E-state index contributed by atoms with van der Waals surface area (Å²) in [5.41, 5.74) is -0.389. The molecule has 10 heteroatoms. The number of hydrogen-bond donors (Lipinski definition) is 1. The molecule has 0 radical (unpaired) electrons. The Kier molecular flexibility index (Phi) is 6.35. The number of thiophene rings is 1. The van der Waals surface area contributed by atoms with Gasteiger partial charge < -0.3 is 10.1 Å². The Morgan fingerprint density at radius 1 is 1.06 bits per heavy atom. The van der Waals surface area contributed by atoms with Crippen LogP contribution in [0.3, 0.4) is 0 Å². The summed E-state index contributed by atoms with van der Waals surface area (Å²) in [7, 11) is 0. The Balaban J connectivity index is 1.55. The van der Waals surface area contributed by atoms with Gasteiger partial charge in [0.05, 0.1) is 37.9 Å². The molecule has 33 heavy (non-hydrogen) atoms. The number of anilines is 1. The fourth-order valence-electron chi connectivity index (χ4n) is 3.17. The summed E-state index contributed by atoms with van der Waals surface area (Å²) in [5, 5.41) is 4.19. The van der Waals surface area contributed by atoms with Crippen LogP contribution in [0.5, 0.6) is 0 Å². The molecule has 4 rings (SSSR count). The summed E-state index contributed by atoms with van der Waals surface area (Å²) >= 11 is 7.29. The van der Waals surface area contributed by atoms with Gasteiger partial charge in [-0.05, 0) is 35.7 Å². The van der Waals surface area contributed by atoms with E-state index in [0.29, 0.717) is 16.6 Å². The first-order valence-corrected chi connectivity index (χ1v) is 10.8. The highest BCUT2D eigenvalue weighted by atomic mass is 35.5. The third kappa shape index (κ3) is 4.99. The number of esters is 1. The number of alkyl halides is 3. The van der Waals surface area contributed by atoms with E-state index >= 15 is 0 Å². The van der Waals surface area contributed by atoms with Crippen molar-refractivity contribution in [1.29, 1.82) is 0 Å². The molecule has 2 aromatic heterocycles. The molecule has 0 aliphatic heterocycles. The maximum absolute atomic E-state index is 13.2. The Morgan fingerprint density at radius 2 is 1.85 bits per heavy atom. The molecule has 0 aliphatic rings. The minimum atomic E-state index is -4.72. The zero-order valence-corrected chi connectivity index (χ0v) is 18.2. The zero-order valence-electron chi connectivity index (χ0n) is 16.7. The van der Waals surface area contributed by atoms with Crippen LogP contribution >= 0.6 is 22.9 Å². The first kappa shape index (κ1) is 22.8. The number of amides is 1. The Labute approximate surface area is 194 Å². The Hall–Kier alpha value is -3.43. The molecular formula is C23H14ClF3N2O3S. The van der Waals surface area contributed by atoms with E-state index in [1.54, 1.807) is 30.3 Å². The average molecular weight is 491 g/mol. The highest BCUT2D eigenvalue weighted by molar-refractivity contribution is 7.13. The number of ether oxygens (including phenoxy) is 1. The molecule has 1 N–H and O–H groups in total. The molecule has 0 fully saturated rings. The van der Waals surface area contributed by atoms with Crippen molar-refractivity contribution >= 4 is 51.4 Å². The molecule has 2 heterocycles. The van der Waals surface area contributed by atoms with Crippen molar-refractivity contribution in [3.05, 3.63) is 82.2 Å². The number of carbonyl (C=O) groups is 2. The minimum absolute atomic E-state index is 0.186. The van der Waals surface area contributed by atoms with Crippen molar-refractivity contribution in [1.82, 2.24) is 4.98 Å². The van der Waals surface area contributed by atoms with E-state index in [-0.39, 0.29) is 10.6 Å². The molecule has 0 spiro atoms. The fraction of sp³-hybridized carbons (Fsp3) is 0.0870. The zero-order chi connectivity index (χ0) is 23.6. The molecule has 0 atom stereocenters. The van der Waals surface area contributed by atoms with Crippen LogP contribution in [0.4, 0.5) is 18.9 Å². The quantitative estimate of drug-likeness (QED) is 0.327. The van der Waals surface area contributed by atoms with Gasteiger partial charge >= 0.3 is 12.1 Å². The molecule has 1 amide bonds. The number of para-hydroxylation sites is 2. The molecule has 0 saturated heterocycles. The molecule has 2 aromatic carbocycles. The van der Waals surface area contributed by atoms with Gasteiger partial charge in [0.15, 0.2) is 6.61 Å². The van der Waals surface area contributed by atoms with E-state index in [1.807, 2.05) is 17.5 Å². The molecule has 0 aliphatic carbocycles. The van der Waals surface area contributed by atoms with Crippen molar-refractivity contribution in [2.24, 2.45) is 0 Å². The third-order valence-corrected chi connectivity index (χ3v) is 5.83. The maximum atomic E-state index is 13.2. The van der Waals surface area contributed by atoms with Gasteiger partial charge in [0.1, 0.15) is 0 Å². The lowest BCUT2D eigenvalue weighted by Gasteiger charge is -2.15. The van der Waals surface area contributed by atoms with Gasteiger partial charge in [-0.1, -0.05) is 41.9 Å². The van der Waals surface area contributed by atoms with Gasteiger partial charge in [-0.2, -0.15) is 13.2 Å². The highest BCUT2D eigenvalue weighted by Gasteiger charge is 2.34. The second-order valence-electron chi connectivity index (χ2n) is 6.83. The van der Waals surface area contributed by atoms with Gasteiger partial charge in [0.2, 0.25) is 0 Å². The lowest BCUT2D eigenvalue weighted by atomic mass is 10.1. The number of pyridine rings is 1. The largest absolute Gasteiger partial charge is 0.452 e. The number of hydrogen-bond acceptors (Lipinski definition) is 5. The second kappa shape index (κ2) is 9.21. The predicted molar refractivity (Wildman–Crippen MR) is 120 cm³/mol. The van der Waals surface area contributed by atoms with Crippen molar-refractivity contribution < 1.29 is 27.5 Å². The SMILES string of the molecule is O=C(COC(=O)c1cc(-c2cccs2)nc2ccccc12)Nc1c(Cl)cccc1C(F)(F)F. The minimum Gasteiger partial charge on any atom is -0.452 e. The monoisotopic (exact) mass is 490 g/mol. The second-order valence-corrected chi connectivity index (χ2v) is 8.19. The van der Waals surface area contributed by atoms with E-state index in [0.717, 1.165) is 17.0 Å². The van der Waals surface area contributed by atoms with Gasteiger partial charge in [-0.15, -0.1) is 11.3 Å². The van der Waals surface area contributed by atoms with Crippen LogP contribution in [0.2, 0.25) is 5.02 Å². The molecule has 0 unspecified atom stereocenters. The lowest BCUT2D eigenvalue weighted by molar-refractivity contribution is -0.137. The normalized spacial score (nSPS) is 11.4. The number of benzene rings is 2. The predicted octanol–water partition coefficient (Wildman–Crippen LogP) is 6.43. The summed E-state index contributed by atoms with van der Waals surface area (Å²) in [6.07, 6.45) is -4.72. The molecule has 5 nitrogen and oxygen atoms in total. The van der Waals surface area contributed by atoms with Gasteiger partial charge in [-0.25, -0.2) is 9.78 Å². The fourth-order valence-corrected chi connectivity index (χ4v) is 4.07. The average Bonchev–Trinajstić information content (AvgIpc) is 3.32. The molecule has 0 saturated carbocycles. The van der Waals surface area contributed by atoms with Gasteiger partial charge in [0, 0.05) is 5.39 Å². The summed E-state index contributed by atoms with van der Waals surface area (Å²) in [4.78, 5) is 30.5. The van der Waals surface area contributed by atoms with Crippen LogP contribution < -0.4 is 5.32 Å². The lowest BCUT2D eigenvalue weighted by Crippen LogP contribution is -2.23. The number of fused-ring (bicyclic) bond motifs is 1. The molecule has 4 aromatic rings. The first-order valence-electron chi connectivity index (χ1n) is 9.50. The van der Waals surface area contributed by atoms with Gasteiger partial charge in [0.25, 0.3) is 5.91 Å². The highest BCUT2D eigenvalue weighted by Crippen LogP contribution is 2.38. The maximum Gasteiger partial charge on any atom is 0.418 e. The van der Waals surface area contributed by atoms with Crippen LogP contribution in [0.15, 0.2) is 66.0 Å². The molecule has 0 bridgehead atoms. The summed E-state index contributed by atoms with van der Waals surface area (Å²) in [6.45, 7) is -0.799. The smallest absolute Gasteiger partial charge is 0.418 e. The topological polar surface area (TPSA) is 68.3 Å². The third-order valence-electron chi connectivity index (χ3n) is 4.63. The number of aromatic nitrogens is 1. The Bertz CT molecular complexity index is 1340. The van der Waals surface area contributed by atoms with E-state index in [2.05, 4.69) is 10.3 Å². The van der Waals surface area contributed by atoms with E-state index in [4.69, 9.17) is 16.3 Å². The van der Waals surface area contributed by atoms with Crippen molar-refractivity contribution in [2.75, 3.05) is 11.9 Å². The van der Waals surface area contributed by atoms with Crippen LogP contribution in [-0.2, 0) is 15.7 Å². The molecule has 168 valence electrons. The van der Waals surface area contributed by atoms with Crippen LogP contribution in [-0.4, -0.2) is 23.5 Å². The van der Waals surface area contributed by atoms with Crippen molar-refractivity contribution in [3.8, 4) is 10.6 Å². The first-order chi connectivity index (χ1) is 15.7. The van der Waals surface area contributed by atoms with Crippen LogP contribution in [0.25, 0.3) is 21.5 Å². The van der Waals surface area contributed by atoms with Crippen LogP contribution in [0.1, 0.15) is 15.9 Å². The number of nitrogens with zero attached hydrogens (tertiary/aromatic N) is 1. The Morgan fingerprint density at radius 3 is 2.58 bits per heavy atom. The summed E-state index contributed by atoms with van der Waals surface area (Å²) in [6, 6.07) is 15.3. The summed E-state index contributed by atoms with van der Waals surface area (Å²) < 4.78 is 44.8. The van der Waals surface area contributed by atoms with Crippen LogP contribution in [0, 0.1) is 0 Å². The van der Waals surface area contributed by atoms with E-state index < -0.39 is 35.9 Å². The number of halogens is 4. The van der Waals surface area contributed by atoms with E-state index in [1.165, 1.54) is 17.4 Å². The number of carbonyl (C=O) groups excluding carboxylic acids is 2.